The summed E-state index contributed by atoms with van der Waals surface area (Å²) < 4.78 is 19.3. The fraction of sp³-hybridized carbons (Fsp3) is 0.200. The van der Waals surface area contributed by atoms with E-state index in [4.69, 9.17) is 4.74 Å². The number of esters is 1. The topological polar surface area (TPSA) is 72.4 Å². The van der Waals surface area contributed by atoms with Gasteiger partial charge in [0.15, 0.2) is 6.61 Å². The highest BCUT2D eigenvalue weighted by Gasteiger charge is 2.26. The molecular weight excluding hydrogens is 349 g/mol. The molecule has 4 rings (SSSR count). The average Bonchev–Trinajstić information content (AvgIpc) is 2.71. The predicted octanol–water partition coefficient (Wildman–Crippen LogP) is 2.91. The van der Waals surface area contributed by atoms with E-state index >= 15 is 0 Å². The molecule has 1 amide bonds. The molecule has 0 bridgehead atoms. The molecule has 0 saturated carbocycles. The van der Waals surface area contributed by atoms with E-state index in [0.29, 0.717) is 17.6 Å². The minimum absolute atomic E-state index is 0.279. The van der Waals surface area contributed by atoms with Gasteiger partial charge in [-0.05, 0) is 42.7 Å². The first kappa shape index (κ1) is 17.1. The van der Waals surface area contributed by atoms with Gasteiger partial charge >= 0.3 is 5.97 Å². The summed E-state index contributed by atoms with van der Waals surface area (Å²) in [5.41, 5.74) is 2.57. The second-order valence-corrected chi connectivity index (χ2v) is 6.23. The number of hydrogen-bond donors (Lipinski definition) is 0. The van der Waals surface area contributed by atoms with Crippen LogP contribution in [0.1, 0.15) is 22.3 Å². The summed E-state index contributed by atoms with van der Waals surface area (Å²) in [6.07, 6.45) is 4.55. The number of aryl methyl sites for hydroxylation is 1. The number of anilines is 1. The molecule has 0 fully saturated rings. The van der Waals surface area contributed by atoms with Gasteiger partial charge in [0.25, 0.3) is 5.91 Å². The second kappa shape index (κ2) is 7.11. The number of aromatic nitrogens is 2. The van der Waals surface area contributed by atoms with Crippen LogP contribution in [0.25, 0.3) is 11.0 Å². The van der Waals surface area contributed by atoms with Crippen molar-refractivity contribution in [1.29, 1.82) is 0 Å². The van der Waals surface area contributed by atoms with Crippen molar-refractivity contribution in [2.24, 2.45) is 0 Å². The quantitative estimate of drug-likeness (QED) is 0.668. The van der Waals surface area contributed by atoms with Crippen LogP contribution in [-0.4, -0.2) is 35.0 Å². The maximum Gasteiger partial charge on any atom is 0.338 e. The van der Waals surface area contributed by atoms with Crippen LogP contribution in [0.15, 0.2) is 48.8 Å². The van der Waals surface area contributed by atoms with E-state index in [1.54, 1.807) is 36.5 Å². The predicted molar refractivity (Wildman–Crippen MR) is 96.9 cm³/mol. The summed E-state index contributed by atoms with van der Waals surface area (Å²) in [4.78, 5) is 34.4. The molecule has 27 heavy (non-hydrogen) atoms. The average molecular weight is 365 g/mol. The molecule has 2 heterocycles. The molecule has 1 aliphatic rings. The van der Waals surface area contributed by atoms with Gasteiger partial charge in [0.1, 0.15) is 5.82 Å². The lowest BCUT2D eigenvalue weighted by Crippen LogP contribution is -2.39. The maximum absolute atomic E-state index is 14.2. The van der Waals surface area contributed by atoms with Crippen LogP contribution in [0.3, 0.4) is 0 Å². The van der Waals surface area contributed by atoms with Crippen molar-refractivity contribution in [3.8, 4) is 0 Å². The minimum atomic E-state index is -0.637. The van der Waals surface area contributed by atoms with Crippen molar-refractivity contribution >= 4 is 28.6 Å². The van der Waals surface area contributed by atoms with E-state index in [9.17, 15) is 14.0 Å². The Morgan fingerprint density at radius 1 is 1.11 bits per heavy atom. The Morgan fingerprint density at radius 3 is 2.78 bits per heavy atom. The molecule has 0 spiro atoms. The van der Waals surface area contributed by atoms with Gasteiger partial charge < -0.3 is 9.64 Å². The van der Waals surface area contributed by atoms with E-state index in [1.807, 2.05) is 0 Å². The van der Waals surface area contributed by atoms with Gasteiger partial charge in [0.2, 0.25) is 0 Å². The largest absolute Gasteiger partial charge is 0.452 e. The first-order chi connectivity index (χ1) is 13.1. The number of carbonyl (C=O) groups is 2. The molecule has 0 saturated heterocycles. The molecule has 6 nitrogen and oxygen atoms in total. The minimum Gasteiger partial charge on any atom is -0.452 e. The van der Waals surface area contributed by atoms with Gasteiger partial charge in [0.05, 0.1) is 22.3 Å². The zero-order chi connectivity index (χ0) is 18.8. The second-order valence-electron chi connectivity index (χ2n) is 6.23. The number of benzene rings is 2. The molecule has 0 N–H and O–H groups in total. The number of ether oxygens (including phenoxy) is 1. The highest BCUT2D eigenvalue weighted by Crippen LogP contribution is 2.30. The first-order valence-electron chi connectivity index (χ1n) is 8.59. The van der Waals surface area contributed by atoms with Crippen LogP contribution in [0.4, 0.5) is 10.1 Å². The van der Waals surface area contributed by atoms with Crippen molar-refractivity contribution in [3.05, 3.63) is 65.7 Å². The summed E-state index contributed by atoms with van der Waals surface area (Å²) in [6, 6.07) is 9.55. The van der Waals surface area contributed by atoms with Gasteiger partial charge in [-0.25, -0.2) is 9.18 Å². The molecule has 3 aromatic rings. The summed E-state index contributed by atoms with van der Waals surface area (Å²) in [6.45, 7) is -0.0546. The van der Waals surface area contributed by atoms with Gasteiger partial charge in [-0.2, -0.15) is 0 Å². The summed E-state index contributed by atoms with van der Waals surface area (Å²) in [5.74, 6) is -1.53. The number of carbonyl (C=O) groups excluding carboxylic acids is 2. The van der Waals surface area contributed by atoms with E-state index in [0.717, 1.165) is 18.4 Å². The third-order valence-electron chi connectivity index (χ3n) is 4.50. The number of rotatable bonds is 3. The maximum atomic E-state index is 14.2. The van der Waals surface area contributed by atoms with Crippen molar-refractivity contribution in [3.63, 3.8) is 0 Å². The SMILES string of the molecule is O=C(OCC(=O)N1CCCc2cccc(F)c21)c1ccc2nccnc2c1. The first-order valence-corrected chi connectivity index (χ1v) is 8.59. The zero-order valence-corrected chi connectivity index (χ0v) is 14.4. The van der Waals surface area contributed by atoms with Crippen LogP contribution in [0.2, 0.25) is 0 Å². The van der Waals surface area contributed by atoms with Crippen LogP contribution < -0.4 is 4.90 Å². The lowest BCUT2D eigenvalue weighted by Gasteiger charge is -2.29. The molecule has 0 aliphatic carbocycles. The highest BCUT2D eigenvalue weighted by atomic mass is 19.1. The fourth-order valence-corrected chi connectivity index (χ4v) is 3.23. The number of fused-ring (bicyclic) bond motifs is 2. The Hall–Kier alpha value is -3.35. The van der Waals surface area contributed by atoms with Crippen LogP contribution >= 0.6 is 0 Å². The lowest BCUT2D eigenvalue weighted by atomic mass is 10.0. The Morgan fingerprint density at radius 2 is 1.93 bits per heavy atom. The summed E-state index contributed by atoms with van der Waals surface area (Å²) in [5, 5.41) is 0. The number of halogens is 1. The molecule has 2 aromatic carbocycles. The van der Waals surface area contributed by atoms with E-state index in [-0.39, 0.29) is 11.3 Å². The normalized spacial score (nSPS) is 13.3. The van der Waals surface area contributed by atoms with Gasteiger partial charge in [-0.1, -0.05) is 12.1 Å². The number of para-hydroxylation sites is 1. The lowest BCUT2D eigenvalue weighted by molar-refractivity contribution is -0.121. The van der Waals surface area contributed by atoms with Gasteiger partial charge in [-0.15, -0.1) is 0 Å². The van der Waals surface area contributed by atoms with Crippen molar-refractivity contribution in [2.75, 3.05) is 18.1 Å². The summed E-state index contributed by atoms with van der Waals surface area (Å²) in [7, 11) is 0. The highest BCUT2D eigenvalue weighted by molar-refractivity contribution is 5.99. The van der Waals surface area contributed by atoms with E-state index in [1.165, 1.54) is 17.2 Å². The van der Waals surface area contributed by atoms with Crippen LogP contribution in [-0.2, 0) is 16.0 Å². The number of nitrogens with zero attached hydrogens (tertiary/aromatic N) is 3. The van der Waals surface area contributed by atoms with E-state index < -0.39 is 24.3 Å². The standard InChI is InChI=1S/C20H16FN3O3/c21-15-5-1-3-13-4-2-10-24(19(13)15)18(25)12-27-20(26)14-6-7-16-17(11-14)23-9-8-22-16/h1,3,5-9,11H,2,4,10,12H2. The summed E-state index contributed by atoms with van der Waals surface area (Å²) >= 11 is 0. The molecule has 0 atom stereocenters. The van der Waals surface area contributed by atoms with Gasteiger partial charge in [0, 0.05) is 18.9 Å². The molecule has 136 valence electrons. The zero-order valence-electron chi connectivity index (χ0n) is 14.4. The molecule has 0 unspecified atom stereocenters. The van der Waals surface area contributed by atoms with Crippen LogP contribution in [0, 0.1) is 5.82 Å². The Kier molecular flexibility index (Phi) is 4.50. The van der Waals surface area contributed by atoms with E-state index in [2.05, 4.69) is 9.97 Å². The number of hydrogen-bond acceptors (Lipinski definition) is 5. The monoisotopic (exact) mass is 365 g/mol. The van der Waals surface area contributed by atoms with Crippen LogP contribution in [0.5, 0.6) is 0 Å². The third kappa shape index (κ3) is 3.36. The van der Waals surface area contributed by atoms with Crippen molar-refractivity contribution in [2.45, 2.75) is 12.8 Å². The molecule has 1 aromatic heterocycles. The smallest absolute Gasteiger partial charge is 0.338 e. The van der Waals surface area contributed by atoms with Gasteiger partial charge in [-0.3, -0.25) is 14.8 Å². The Bertz CT molecular complexity index is 1040. The molecule has 0 radical (unpaired) electrons. The molecular formula is C20H16FN3O3. The Labute approximate surface area is 154 Å². The molecule has 7 heteroatoms. The van der Waals surface area contributed by atoms with Crippen molar-refractivity contribution < 1.29 is 18.7 Å². The van der Waals surface area contributed by atoms with Crippen molar-refractivity contribution in [1.82, 2.24) is 9.97 Å². The third-order valence-corrected chi connectivity index (χ3v) is 4.50. The molecule has 1 aliphatic heterocycles. The number of amides is 1. The fourth-order valence-electron chi connectivity index (χ4n) is 3.23. The Balaban J connectivity index is 1.47.